The SMILES string of the molecule is CN(C)c1ccc(C(=O)CC2(CN)CCC2)cn1. The van der Waals surface area contributed by atoms with E-state index in [0.29, 0.717) is 18.5 Å². The highest BCUT2D eigenvalue weighted by molar-refractivity contribution is 5.96. The van der Waals surface area contributed by atoms with Gasteiger partial charge in [-0.25, -0.2) is 4.98 Å². The Hall–Kier alpha value is -1.42. The van der Waals surface area contributed by atoms with Crippen LogP contribution in [0.2, 0.25) is 0 Å². The molecule has 0 unspecified atom stereocenters. The first kappa shape index (κ1) is 13.0. The van der Waals surface area contributed by atoms with Gasteiger partial charge in [0, 0.05) is 32.3 Å². The van der Waals surface area contributed by atoms with Crippen LogP contribution in [0, 0.1) is 5.41 Å². The van der Waals surface area contributed by atoms with Gasteiger partial charge in [0.1, 0.15) is 5.82 Å². The molecule has 4 nitrogen and oxygen atoms in total. The van der Waals surface area contributed by atoms with Crippen molar-refractivity contribution in [2.75, 3.05) is 25.5 Å². The molecular formula is C14H21N3O. The number of hydrogen-bond donors (Lipinski definition) is 1. The molecule has 1 aliphatic carbocycles. The van der Waals surface area contributed by atoms with Crippen molar-refractivity contribution < 1.29 is 4.79 Å². The summed E-state index contributed by atoms with van der Waals surface area (Å²) >= 11 is 0. The minimum atomic E-state index is 0.0668. The zero-order valence-electron chi connectivity index (χ0n) is 11.1. The Morgan fingerprint density at radius 2 is 2.17 bits per heavy atom. The molecule has 1 aromatic heterocycles. The topological polar surface area (TPSA) is 59.2 Å². The largest absolute Gasteiger partial charge is 0.363 e. The zero-order valence-corrected chi connectivity index (χ0v) is 11.1. The molecule has 98 valence electrons. The lowest BCUT2D eigenvalue weighted by Crippen LogP contribution is -2.39. The van der Waals surface area contributed by atoms with E-state index in [9.17, 15) is 4.79 Å². The van der Waals surface area contributed by atoms with Gasteiger partial charge in [-0.05, 0) is 36.9 Å². The molecule has 1 fully saturated rings. The summed E-state index contributed by atoms with van der Waals surface area (Å²) in [6.07, 6.45) is 5.59. The summed E-state index contributed by atoms with van der Waals surface area (Å²) < 4.78 is 0. The van der Waals surface area contributed by atoms with Gasteiger partial charge in [-0.1, -0.05) is 6.42 Å². The number of hydrogen-bond acceptors (Lipinski definition) is 4. The monoisotopic (exact) mass is 247 g/mol. The second-order valence-corrected chi connectivity index (χ2v) is 5.46. The fraction of sp³-hybridized carbons (Fsp3) is 0.571. The van der Waals surface area contributed by atoms with Crippen molar-refractivity contribution in [2.24, 2.45) is 11.1 Å². The van der Waals surface area contributed by atoms with Crippen LogP contribution in [0.4, 0.5) is 5.82 Å². The number of nitrogens with zero attached hydrogens (tertiary/aromatic N) is 2. The Kier molecular flexibility index (Phi) is 3.66. The maximum absolute atomic E-state index is 12.2. The fourth-order valence-corrected chi connectivity index (χ4v) is 2.39. The molecular weight excluding hydrogens is 226 g/mol. The number of pyridine rings is 1. The molecule has 0 aromatic carbocycles. The van der Waals surface area contributed by atoms with Crippen molar-refractivity contribution in [2.45, 2.75) is 25.7 Å². The summed E-state index contributed by atoms with van der Waals surface area (Å²) in [4.78, 5) is 18.4. The molecule has 0 bridgehead atoms. The van der Waals surface area contributed by atoms with Crippen LogP contribution in [0.25, 0.3) is 0 Å². The number of anilines is 1. The third kappa shape index (κ3) is 2.53. The van der Waals surface area contributed by atoms with Gasteiger partial charge in [0.25, 0.3) is 0 Å². The molecule has 0 radical (unpaired) electrons. The second-order valence-electron chi connectivity index (χ2n) is 5.46. The fourth-order valence-electron chi connectivity index (χ4n) is 2.39. The van der Waals surface area contributed by atoms with Gasteiger partial charge in [0.15, 0.2) is 5.78 Å². The summed E-state index contributed by atoms with van der Waals surface area (Å²) in [5.41, 5.74) is 6.55. The van der Waals surface area contributed by atoms with E-state index >= 15 is 0 Å². The Balaban J connectivity index is 2.05. The van der Waals surface area contributed by atoms with Crippen molar-refractivity contribution in [3.8, 4) is 0 Å². The van der Waals surface area contributed by atoms with Crippen molar-refractivity contribution >= 4 is 11.6 Å². The van der Waals surface area contributed by atoms with Crippen LogP contribution >= 0.6 is 0 Å². The van der Waals surface area contributed by atoms with Crippen LogP contribution in [-0.2, 0) is 0 Å². The molecule has 0 amide bonds. The third-order valence-electron chi connectivity index (χ3n) is 3.91. The first-order chi connectivity index (χ1) is 8.56. The van der Waals surface area contributed by atoms with Crippen molar-refractivity contribution in [1.29, 1.82) is 0 Å². The summed E-state index contributed by atoms with van der Waals surface area (Å²) in [6.45, 7) is 0.613. The molecule has 4 heteroatoms. The number of carbonyl (C=O) groups excluding carboxylic acids is 1. The minimum absolute atomic E-state index is 0.0668. The van der Waals surface area contributed by atoms with Crippen LogP contribution in [0.5, 0.6) is 0 Å². The van der Waals surface area contributed by atoms with E-state index in [4.69, 9.17) is 5.73 Å². The Morgan fingerprint density at radius 3 is 2.56 bits per heavy atom. The highest BCUT2D eigenvalue weighted by Crippen LogP contribution is 2.43. The lowest BCUT2D eigenvalue weighted by atomic mass is 9.65. The molecule has 0 spiro atoms. The quantitative estimate of drug-likeness (QED) is 0.807. The van der Waals surface area contributed by atoms with E-state index < -0.39 is 0 Å². The van der Waals surface area contributed by atoms with Crippen molar-refractivity contribution in [3.05, 3.63) is 23.9 Å². The number of aromatic nitrogens is 1. The number of ketones is 1. The first-order valence-corrected chi connectivity index (χ1v) is 6.43. The van der Waals surface area contributed by atoms with Crippen molar-refractivity contribution in [1.82, 2.24) is 4.98 Å². The molecule has 1 aromatic rings. The molecule has 18 heavy (non-hydrogen) atoms. The summed E-state index contributed by atoms with van der Waals surface area (Å²) in [5.74, 6) is 1.03. The van der Waals surface area contributed by atoms with Crippen LogP contribution in [0.1, 0.15) is 36.0 Å². The summed E-state index contributed by atoms with van der Waals surface area (Å²) in [6, 6.07) is 3.73. The van der Waals surface area contributed by atoms with Crippen LogP contribution < -0.4 is 10.6 Å². The molecule has 0 atom stereocenters. The van der Waals surface area contributed by atoms with Crippen LogP contribution in [0.3, 0.4) is 0 Å². The number of nitrogens with two attached hydrogens (primary N) is 1. The lowest BCUT2D eigenvalue weighted by molar-refractivity contribution is 0.0785. The van der Waals surface area contributed by atoms with E-state index in [0.717, 1.165) is 18.7 Å². The number of carbonyl (C=O) groups is 1. The summed E-state index contributed by atoms with van der Waals surface area (Å²) in [5, 5.41) is 0. The molecule has 2 N–H and O–H groups in total. The molecule has 1 heterocycles. The maximum atomic E-state index is 12.2. The Morgan fingerprint density at radius 1 is 1.44 bits per heavy atom. The maximum Gasteiger partial charge on any atom is 0.165 e. The number of Topliss-reactive ketones (excluding diaryl/α,β-unsaturated/α-hetero) is 1. The van der Waals surface area contributed by atoms with E-state index in [1.807, 2.05) is 31.1 Å². The smallest absolute Gasteiger partial charge is 0.165 e. The molecule has 0 saturated heterocycles. The molecule has 0 aliphatic heterocycles. The van der Waals surface area contributed by atoms with E-state index in [2.05, 4.69) is 4.98 Å². The van der Waals surface area contributed by atoms with Crippen molar-refractivity contribution in [3.63, 3.8) is 0 Å². The zero-order chi connectivity index (χ0) is 13.2. The predicted molar refractivity (Wildman–Crippen MR) is 72.8 cm³/mol. The standard InChI is InChI=1S/C14H21N3O/c1-17(2)13-5-4-11(9-16-13)12(18)8-14(10-15)6-3-7-14/h4-5,9H,3,6-8,10,15H2,1-2H3. The van der Waals surface area contributed by atoms with Crippen LogP contribution in [0.15, 0.2) is 18.3 Å². The minimum Gasteiger partial charge on any atom is -0.363 e. The summed E-state index contributed by atoms with van der Waals surface area (Å²) in [7, 11) is 3.86. The van der Waals surface area contributed by atoms with Gasteiger partial charge in [-0.2, -0.15) is 0 Å². The van der Waals surface area contributed by atoms with Gasteiger partial charge in [-0.3, -0.25) is 4.79 Å². The third-order valence-corrected chi connectivity index (χ3v) is 3.91. The van der Waals surface area contributed by atoms with E-state index in [1.165, 1.54) is 6.42 Å². The average molecular weight is 247 g/mol. The van der Waals surface area contributed by atoms with Gasteiger partial charge in [0.05, 0.1) is 0 Å². The Labute approximate surface area is 108 Å². The highest BCUT2D eigenvalue weighted by atomic mass is 16.1. The molecule has 2 rings (SSSR count). The predicted octanol–water partition coefficient (Wildman–Crippen LogP) is 1.85. The second kappa shape index (κ2) is 5.06. The highest BCUT2D eigenvalue weighted by Gasteiger charge is 2.37. The van der Waals surface area contributed by atoms with Gasteiger partial charge >= 0.3 is 0 Å². The normalized spacial score (nSPS) is 17.1. The van der Waals surface area contributed by atoms with E-state index in [1.54, 1.807) is 6.20 Å². The van der Waals surface area contributed by atoms with Gasteiger partial charge < -0.3 is 10.6 Å². The molecule has 1 saturated carbocycles. The van der Waals surface area contributed by atoms with E-state index in [-0.39, 0.29) is 11.2 Å². The number of rotatable bonds is 5. The first-order valence-electron chi connectivity index (χ1n) is 6.43. The average Bonchev–Trinajstić information content (AvgIpc) is 2.33. The lowest BCUT2D eigenvalue weighted by Gasteiger charge is -2.40. The molecule has 1 aliphatic rings. The van der Waals surface area contributed by atoms with Gasteiger partial charge in [-0.15, -0.1) is 0 Å². The van der Waals surface area contributed by atoms with Gasteiger partial charge in [0.2, 0.25) is 0 Å². The van der Waals surface area contributed by atoms with Crippen LogP contribution in [-0.4, -0.2) is 31.4 Å². The Bertz CT molecular complexity index is 416.